The molecule has 0 spiro atoms. The smallest absolute Gasteiger partial charge is 0.331 e. The number of nitrogens with zero attached hydrogens (tertiary/aromatic N) is 1. The second kappa shape index (κ2) is 5.07. The Balaban J connectivity index is 2.90. The third kappa shape index (κ3) is 3.16. The van der Waals surface area contributed by atoms with Crippen molar-refractivity contribution in [2.75, 3.05) is 6.54 Å². The zero-order chi connectivity index (χ0) is 14.1. The summed E-state index contributed by atoms with van der Waals surface area (Å²) < 4.78 is 37.5. The summed E-state index contributed by atoms with van der Waals surface area (Å²) >= 11 is 0. The Hall–Kier alpha value is -0.780. The highest BCUT2D eigenvalue weighted by atomic mass is 19.4. The summed E-state index contributed by atoms with van der Waals surface area (Å²) in [5.74, 6) is -0.472. The van der Waals surface area contributed by atoms with Crippen LogP contribution in [0.5, 0.6) is 0 Å². The highest BCUT2D eigenvalue weighted by molar-refractivity contribution is 5.83. The molecule has 1 amide bonds. The molecule has 2 unspecified atom stereocenters. The van der Waals surface area contributed by atoms with E-state index in [-0.39, 0.29) is 6.04 Å². The number of carbonyl (C=O) groups is 1. The topological polar surface area (TPSA) is 46.3 Å². The van der Waals surface area contributed by atoms with Gasteiger partial charge in [0, 0.05) is 12.1 Å². The number of nitrogens with two attached hydrogens (primary N) is 1. The number of alkyl halides is 3. The minimum absolute atomic E-state index is 0.348. The predicted molar refractivity (Wildman–Crippen MR) is 62.8 cm³/mol. The lowest BCUT2D eigenvalue weighted by molar-refractivity contribution is -0.171. The summed E-state index contributed by atoms with van der Waals surface area (Å²) in [5, 5.41) is 0. The van der Waals surface area contributed by atoms with Crippen LogP contribution >= 0.6 is 0 Å². The van der Waals surface area contributed by atoms with Crippen molar-refractivity contribution >= 4 is 5.91 Å². The summed E-state index contributed by atoms with van der Waals surface area (Å²) in [6.45, 7) is 3.66. The summed E-state index contributed by atoms with van der Waals surface area (Å²) in [6.07, 6.45) is -2.32. The van der Waals surface area contributed by atoms with Crippen LogP contribution in [0.25, 0.3) is 0 Å². The van der Waals surface area contributed by atoms with E-state index >= 15 is 0 Å². The van der Waals surface area contributed by atoms with Crippen molar-refractivity contribution in [3.8, 4) is 0 Å². The van der Waals surface area contributed by atoms with Crippen LogP contribution in [0.2, 0.25) is 0 Å². The van der Waals surface area contributed by atoms with Gasteiger partial charge in [0.05, 0.1) is 5.41 Å². The van der Waals surface area contributed by atoms with E-state index < -0.39 is 30.1 Å². The lowest BCUT2D eigenvalue weighted by atomic mass is 9.83. The van der Waals surface area contributed by atoms with Crippen LogP contribution in [-0.4, -0.2) is 35.6 Å². The molecular weight excluding hydrogens is 245 g/mol. The number of rotatable bonds is 3. The Kier molecular flexibility index (Phi) is 4.30. The van der Waals surface area contributed by atoms with Gasteiger partial charge >= 0.3 is 6.18 Å². The molecule has 3 nitrogen and oxygen atoms in total. The molecule has 0 aromatic carbocycles. The predicted octanol–water partition coefficient (Wildman–Crippen LogP) is 2.30. The molecule has 2 atom stereocenters. The maximum absolute atomic E-state index is 12.5. The molecule has 0 radical (unpaired) electrons. The van der Waals surface area contributed by atoms with E-state index in [1.165, 1.54) is 0 Å². The van der Waals surface area contributed by atoms with Gasteiger partial charge in [-0.2, -0.15) is 13.2 Å². The molecule has 106 valence electrons. The van der Waals surface area contributed by atoms with Gasteiger partial charge in [-0.25, -0.2) is 0 Å². The maximum atomic E-state index is 12.5. The van der Waals surface area contributed by atoms with Crippen LogP contribution in [0, 0.1) is 5.41 Å². The number of carbonyl (C=O) groups excluding carboxylic acids is 1. The summed E-state index contributed by atoms with van der Waals surface area (Å²) in [6, 6.07) is -0.830. The monoisotopic (exact) mass is 266 g/mol. The number of hydrogen-bond donors (Lipinski definition) is 1. The van der Waals surface area contributed by atoms with E-state index in [1.54, 1.807) is 20.8 Å². The van der Waals surface area contributed by atoms with Gasteiger partial charge in [0.2, 0.25) is 5.91 Å². The fourth-order valence-electron chi connectivity index (χ4n) is 2.47. The third-order valence-corrected chi connectivity index (χ3v) is 3.75. The highest BCUT2D eigenvalue weighted by Gasteiger charge is 2.47. The van der Waals surface area contributed by atoms with Gasteiger partial charge in [-0.1, -0.05) is 6.42 Å². The molecule has 1 fully saturated rings. The van der Waals surface area contributed by atoms with Gasteiger partial charge in [0.1, 0.15) is 6.54 Å². The van der Waals surface area contributed by atoms with E-state index in [0.717, 1.165) is 11.3 Å². The average molecular weight is 266 g/mol. The molecule has 18 heavy (non-hydrogen) atoms. The summed E-state index contributed by atoms with van der Waals surface area (Å²) in [4.78, 5) is 13.2. The number of hydrogen-bond acceptors (Lipinski definition) is 2. The zero-order valence-corrected chi connectivity index (χ0v) is 11.0. The van der Waals surface area contributed by atoms with Gasteiger partial charge < -0.3 is 10.6 Å². The molecule has 0 aliphatic heterocycles. The standard InChI is InChI=1S/C12H21F3N2O/c1-8(2)17(7-12(13,14)15)10(18)11(3)6-4-5-9(11)16/h8-9H,4-7,16H2,1-3H3. The van der Waals surface area contributed by atoms with Gasteiger partial charge in [0.15, 0.2) is 0 Å². The van der Waals surface area contributed by atoms with Crippen LogP contribution in [0.3, 0.4) is 0 Å². The number of halogens is 3. The third-order valence-electron chi connectivity index (χ3n) is 3.75. The van der Waals surface area contributed by atoms with E-state index in [1.807, 2.05) is 0 Å². The molecule has 1 rings (SSSR count). The molecule has 6 heteroatoms. The Bertz CT molecular complexity index is 317. The van der Waals surface area contributed by atoms with Crippen LogP contribution in [0.4, 0.5) is 13.2 Å². The molecule has 0 saturated heterocycles. The van der Waals surface area contributed by atoms with Crippen molar-refractivity contribution < 1.29 is 18.0 Å². The van der Waals surface area contributed by atoms with Crippen molar-refractivity contribution in [3.05, 3.63) is 0 Å². The zero-order valence-electron chi connectivity index (χ0n) is 11.0. The number of amides is 1. The Labute approximate surface area is 106 Å². The van der Waals surface area contributed by atoms with Crippen molar-refractivity contribution in [1.82, 2.24) is 4.90 Å². The fourth-order valence-corrected chi connectivity index (χ4v) is 2.47. The first-order valence-corrected chi connectivity index (χ1v) is 6.21. The summed E-state index contributed by atoms with van der Waals surface area (Å²) in [5.41, 5.74) is 5.04. The van der Waals surface area contributed by atoms with Crippen LogP contribution in [0.1, 0.15) is 40.0 Å². The second-order valence-corrected chi connectivity index (χ2v) is 5.56. The quantitative estimate of drug-likeness (QED) is 0.852. The molecule has 0 bridgehead atoms. The Morgan fingerprint density at radius 2 is 2.06 bits per heavy atom. The van der Waals surface area contributed by atoms with Crippen molar-refractivity contribution in [2.24, 2.45) is 11.1 Å². The first-order valence-electron chi connectivity index (χ1n) is 6.21. The molecule has 0 heterocycles. The fraction of sp³-hybridized carbons (Fsp3) is 0.917. The minimum atomic E-state index is -4.38. The molecule has 1 saturated carbocycles. The average Bonchev–Trinajstić information content (AvgIpc) is 2.54. The Morgan fingerprint density at radius 3 is 2.39 bits per heavy atom. The van der Waals surface area contributed by atoms with E-state index in [4.69, 9.17) is 5.73 Å². The Morgan fingerprint density at radius 1 is 1.50 bits per heavy atom. The van der Waals surface area contributed by atoms with Crippen LogP contribution in [-0.2, 0) is 4.79 Å². The van der Waals surface area contributed by atoms with Gasteiger partial charge in [0.25, 0.3) is 0 Å². The lowest BCUT2D eigenvalue weighted by Crippen LogP contribution is -2.53. The molecular formula is C12H21F3N2O. The largest absolute Gasteiger partial charge is 0.406 e. The summed E-state index contributed by atoms with van der Waals surface area (Å²) in [7, 11) is 0. The van der Waals surface area contributed by atoms with Gasteiger partial charge in [-0.15, -0.1) is 0 Å². The SMILES string of the molecule is CC(C)N(CC(F)(F)F)C(=O)C1(C)CCCC1N. The van der Waals surface area contributed by atoms with E-state index in [9.17, 15) is 18.0 Å². The van der Waals surface area contributed by atoms with Crippen molar-refractivity contribution in [1.29, 1.82) is 0 Å². The van der Waals surface area contributed by atoms with E-state index in [0.29, 0.717) is 12.8 Å². The van der Waals surface area contributed by atoms with Crippen molar-refractivity contribution in [2.45, 2.75) is 58.3 Å². The van der Waals surface area contributed by atoms with Crippen LogP contribution in [0.15, 0.2) is 0 Å². The molecule has 0 aromatic heterocycles. The molecule has 0 aromatic rings. The molecule has 2 N–H and O–H groups in total. The lowest BCUT2D eigenvalue weighted by Gasteiger charge is -2.37. The van der Waals surface area contributed by atoms with Gasteiger partial charge in [-0.05, 0) is 33.6 Å². The van der Waals surface area contributed by atoms with Gasteiger partial charge in [-0.3, -0.25) is 4.79 Å². The maximum Gasteiger partial charge on any atom is 0.406 e. The van der Waals surface area contributed by atoms with Crippen LogP contribution < -0.4 is 5.73 Å². The first kappa shape index (κ1) is 15.3. The van der Waals surface area contributed by atoms with E-state index in [2.05, 4.69) is 0 Å². The molecule has 1 aliphatic rings. The first-order chi connectivity index (χ1) is 8.08. The molecule has 1 aliphatic carbocycles. The normalized spacial score (nSPS) is 28.8. The highest BCUT2D eigenvalue weighted by Crippen LogP contribution is 2.39. The second-order valence-electron chi connectivity index (χ2n) is 5.56. The van der Waals surface area contributed by atoms with Crippen molar-refractivity contribution in [3.63, 3.8) is 0 Å². The minimum Gasteiger partial charge on any atom is -0.331 e.